The standard InChI is InChI=1S/C9H6BrNO.BrH/c10-8-5-6-11(12)9-4-2-1-3-7(8)9;/h1-6H;1H. The maximum atomic E-state index is 11.2. The fourth-order valence-electron chi connectivity index (χ4n) is 1.17. The summed E-state index contributed by atoms with van der Waals surface area (Å²) in [6.07, 6.45) is 1.49. The molecule has 0 aliphatic carbocycles. The highest BCUT2D eigenvalue weighted by Gasteiger charge is 2.04. The Kier molecular flexibility index (Phi) is 3.27. The zero-order valence-corrected chi connectivity index (χ0v) is 9.90. The highest BCUT2D eigenvalue weighted by atomic mass is 79.9. The van der Waals surface area contributed by atoms with E-state index in [0.717, 1.165) is 14.6 Å². The van der Waals surface area contributed by atoms with Crippen LogP contribution >= 0.6 is 32.9 Å². The first-order valence-electron chi connectivity index (χ1n) is 3.55. The van der Waals surface area contributed by atoms with Crippen LogP contribution in [0.5, 0.6) is 0 Å². The molecule has 4 heteroatoms. The van der Waals surface area contributed by atoms with Crippen LogP contribution in [0.25, 0.3) is 10.9 Å². The van der Waals surface area contributed by atoms with Gasteiger partial charge in [0.2, 0.25) is 5.52 Å². The minimum Gasteiger partial charge on any atom is -0.618 e. The smallest absolute Gasteiger partial charge is 0.224 e. The Labute approximate surface area is 94.7 Å². The van der Waals surface area contributed by atoms with E-state index in [-0.39, 0.29) is 17.0 Å². The lowest BCUT2D eigenvalue weighted by molar-refractivity contribution is -0.577. The lowest BCUT2D eigenvalue weighted by Crippen LogP contribution is -2.25. The van der Waals surface area contributed by atoms with Crippen molar-refractivity contribution in [2.24, 2.45) is 0 Å². The number of pyridine rings is 1. The molecule has 0 spiro atoms. The number of aromatic nitrogens is 1. The Balaban J connectivity index is 0.000000845. The minimum absolute atomic E-state index is 0. The molecule has 2 rings (SSSR count). The highest BCUT2D eigenvalue weighted by Crippen LogP contribution is 2.19. The van der Waals surface area contributed by atoms with Crippen molar-refractivity contribution in [1.29, 1.82) is 0 Å². The molecule has 0 unspecified atom stereocenters. The molecule has 2 nitrogen and oxygen atoms in total. The van der Waals surface area contributed by atoms with Crippen molar-refractivity contribution < 1.29 is 4.73 Å². The summed E-state index contributed by atoms with van der Waals surface area (Å²) >= 11 is 3.38. The van der Waals surface area contributed by atoms with Crippen molar-refractivity contribution in [3.05, 3.63) is 46.2 Å². The monoisotopic (exact) mass is 303 g/mol. The van der Waals surface area contributed by atoms with Crippen molar-refractivity contribution in [2.75, 3.05) is 0 Å². The van der Waals surface area contributed by atoms with Crippen LogP contribution < -0.4 is 4.73 Å². The molecule has 0 bridgehead atoms. The van der Waals surface area contributed by atoms with Gasteiger partial charge >= 0.3 is 0 Å². The summed E-state index contributed by atoms with van der Waals surface area (Å²) in [5, 5.41) is 12.2. The summed E-state index contributed by atoms with van der Waals surface area (Å²) < 4.78 is 1.81. The number of para-hydroxylation sites is 1. The van der Waals surface area contributed by atoms with Gasteiger partial charge in [0.15, 0.2) is 6.20 Å². The Bertz CT molecular complexity index is 390. The maximum absolute atomic E-state index is 11.2. The normalized spacial score (nSPS) is 9.62. The molecule has 0 fully saturated rings. The van der Waals surface area contributed by atoms with Gasteiger partial charge < -0.3 is 5.21 Å². The van der Waals surface area contributed by atoms with Gasteiger partial charge in [0.1, 0.15) is 0 Å². The van der Waals surface area contributed by atoms with Crippen LogP contribution in [-0.2, 0) is 0 Å². The summed E-state index contributed by atoms with van der Waals surface area (Å²) in [4.78, 5) is 0. The zero-order chi connectivity index (χ0) is 8.55. The van der Waals surface area contributed by atoms with Gasteiger partial charge in [-0.1, -0.05) is 12.1 Å². The SMILES string of the molecule is Br.[O-][n+]1ccc(Br)c2ccccc21. The van der Waals surface area contributed by atoms with E-state index in [9.17, 15) is 5.21 Å². The maximum Gasteiger partial charge on any atom is 0.224 e. The molecule has 1 aromatic carbocycles. The Morgan fingerprint density at radius 3 is 2.54 bits per heavy atom. The molecule has 0 radical (unpaired) electrons. The van der Waals surface area contributed by atoms with E-state index in [0.29, 0.717) is 5.52 Å². The third kappa shape index (κ3) is 1.84. The van der Waals surface area contributed by atoms with Crippen LogP contribution in [-0.4, -0.2) is 0 Å². The molecule has 0 amide bonds. The number of fused-ring (bicyclic) bond motifs is 1. The minimum atomic E-state index is 0. The van der Waals surface area contributed by atoms with E-state index in [1.165, 1.54) is 6.20 Å². The number of rotatable bonds is 0. The molecule has 2 aromatic rings. The highest BCUT2D eigenvalue weighted by molar-refractivity contribution is 9.10. The molecule has 0 aliphatic rings. The van der Waals surface area contributed by atoms with Crippen LogP contribution in [0.15, 0.2) is 41.0 Å². The van der Waals surface area contributed by atoms with Crippen molar-refractivity contribution in [3.63, 3.8) is 0 Å². The Hall–Kier alpha value is -0.610. The number of nitrogens with zero attached hydrogens (tertiary/aromatic N) is 1. The largest absolute Gasteiger partial charge is 0.618 e. The summed E-state index contributed by atoms with van der Waals surface area (Å²) in [7, 11) is 0. The van der Waals surface area contributed by atoms with Gasteiger partial charge in [-0.25, -0.2) is 0 Å². The van der Waals surface area contributed by atoms with Gasteiger partial charge in [0, 0.05) is 16.6 Å². The molecule has 68 valence electrons. The van der Waals surface area contributed by atoms with Crippen molar-refractivity contribution >= 4 is 43.8 Å². The number of hydrogen-bond acceptors (Lipinski definition) is 1. The van der Waals surface area contributed by atoms with Gasteiger partial charge in [0.25, 0.3) is 0 Å². The average Bonchev–Trinajstić information content (AvgIpc) is 2.12. The summed E-state index contributed by atoms with van der Waals surface area (Å²) in [6, 6.07) is 9.21. The topological polar surface area (TPSA) is 26.9 Å². The van der Waals surface area contributed by atoms with E-state index in [1.54, 1.807) is 12.1 Å². The first kappa shape index (κ1) is 10.5. The molecular weight excluding hydrogens is 298 g/mol. The first-order valence-corrected chi connectivity index (χ1v) is 4.35. The van der Waals surface area contributed by atoms with Crippen LogP contribution in [0, 0.1) is 5.21 Å². The molecule has 0 aliphatic heterocycles. The average molecular weight is 305 g/mol. The second-order valence-electron chi connectivity index (χ2n) is 2.51. The van der Waals surface area contributed by atoms with Gasteiger partial charge in [-0.3, -0.25) is 0 Å². The van der Waals surface area contributed by atoms with E-state index >= 15 is 0 Å². The molecule has 0 atom stereocenters. The molecule has 1 heterocycles. The van der Waals surface area contributed by atoms with Crippen LogP contribution in [0.3, 0.4) is 0 Å². The molecule has 13 heavy (non-hydrogen) atoms. The van der Waals surface area contributed by atoms with Crippen LogP contribution in [0.1, 0.15) is 0 Å². The number of halogens is 2. The van der Waals surface area contributed by atoms with Gasteiger partial charge in [-0.05, 0) is 22.0 Å². The summed E-state index contributed by atoms with van der Waals surface area (Å²) in [5.74, 6) is 0. The number of benzene rings is 1. The predicted molar refractivity (Wildman–Crippen MR) is 60.9 cm³/mol. The fourth-order valence-corrected chi connectivity index (χ4v) is 1.62. The van der Waals surface area contributed by atoms with E-state index in [1.807, 2.05) is 18.2 Å². The third-order valence-corrected chi connectivity index (χ3v) is 2.45. The second-order valence-corrected chi connectivity index (χ2v) is 3.36. The van der Waals surface area contributed by atoms with E-state index in [2.05, 4.69) is 15.9 Å². The Morgan fingerprint density at radius 1 is 1.15 bits per heavy atom. The number of hydrogen-bond donors (Lipinski definition) is 0. The second kappa shape index (κ2) is 4.07. The summed E-state index contributed by atoms with van der Waals surface area (Å²) in [6.45, 7) is 0. The predicted octanol–water partition coefficient (Wildman–Crippen LogP) is 2.81. The zero-order valence-electron chi connectivity index (χ0n) is 6.61. The van der Waals surface area contributed by atoms with Crippen LogP contribution in [0.4, 0.5) is 0 Å². The lowest BCUT2D eigenvalue weighted by atomic mass is 10.2. The van der Waals surface area contributed by atoms with Crippen LogP contribution in [0.2, 0.25) is 0 Å². The van der Waals surface area contributed by atoms with Gasteiger partial charge in [0.05, 0.1) is 5.39 Å². The lowest BCUT2D eigenvalue weighted by Gasteiger charge is -2.01. The van der Waals surface area contributed by atoms with Gasteiger partial charge in [-0.15, -0.1) is 17.0 Å². The fraction of sp³-hybridized carbons (Fsp3) is 0. The molecule has 0 saturated carbocycles. The quantitative estimate of drug-likeness (QED) is 0.543. The van der Waals surface area contributed by atoms with E-state index < -0.39 is 0 Å². The molecule has 0 saturated heterocycles. The Morgan fingerprint density at radius 2 is 1.85 bits per heavy atom. The molecular formula is C9H7Br2NO. The van der Waals surface area contributed by atoms with E-state index in [4.69, 9.17) is 0 Å². The molecule has 1 aromatic heterocycles. The van der Waals surface area contributed by atoms with Crippen molar-refractivity contribution in [3.8, 4) is 0 Å². The first-order chi connectivity index (χ1) is 5.79. The van der Waals surface area contributed by atoms with Gasteiger partial charge in [-0.2, -0.15) is 4.73 Å². The molecule has 0 N–H and O–H groups in total. The van der Waals surface area contributed by atoms with Crippen molar-refractivity contribution in [1.82, 2.24) is 0 Å². The third-order valence-electron chi connectivity index (χ3n) is 1.76. The van der Waals surface area contributed by atoms with Crippen molar-refractivity contribution in [2.45, 2.75) is 0 Å². The summed E-state index contributed by atoms with van der Waals surface area (Å²) in [5.41, 5.74) is 0.687.